The van der Waals surface area contributed by atoms with E-state index in [1.54, 1.807) is 0 Å². The monoisotopic (exact) mass is 341 g/mol. The second kappa shape index (κ2) is 7.92. The summed E-state index contributed by atoms with van der Waals surface area (Å²) in [5.74, 6) is 2.09. The van der Waals surface area contributed by atoms with E-state index in [0.29, 0.717) is 31.0 Å². The number of aromatic nitrogens is 4. The van der Waals surface area contributed by atoms with E-state index in [1.165, 1.54) is 0 Å². The number of nitrogens with zero attached hydrogens (tertiary/aromatic N) is 3. The molecular formula is C18H23N5O2. The van der Waals surface area contributed by atoms with Crippen LogP contribution in [-0.4, -0.2) is 26.0 Å². The Balaban J connectivity index is 1.53. The molecule has 0 fully saturated rings. The molecule has 2 aromatic heterocycles. The highest BCUT2D eigenvalue weighted by Crippen LogP contribution is 2.18. The van der Waals surface area contributed by atoms with Crippen LogP contribution in [0.5, 0.6) is 0 Å². The van der Waals surface area contributed by atoms with Gasteiger partial charge in [0.1, 0.15) is 5.82 Å². The normalized spacial score (nSPS) is 12.4. The molecule has 1 atom stereocenters. The second-order valence-electron chi connectivity index (χ2n) is 5.98. The minimum Gasteiger partial charge on any atom is -0.346 e. The maximum atomic E-state index is 12.2. The van der Waals surface area contributed by atoms with Gasteiger partial charge in [-0.1, -0.05) is 31.1 Å². The standard InChI is InChI=1S/C18H23N5O2/c1-3-12(18-20-13-8-5-6-9-14(13)21-18)19-16(24)10-7-11-17-22-15(4-2)23-25-17/h5-6,8-9,12H,3-4,7,10-11H2,1-2H3,(H,19,24)(H,20,21)/t12-/m1/s1. The van der Waals surface area contributed by atoms with E-state index in [9.17, 15) is 4.79 Å². The molecule has 7 nitrogen and oxygen atoms in total. The molecule has 2 N–H and O–H groups in total. The fourth-order valence-corrected chi connectivity index (χ4v) is 2.70. The Labute approximate surface area is 146 Å². The number of aryl methyl sites for hydroxylation is 2. The Kier molecular flexibility index (Phi) is 5.42. The highest BCUT2D eigenvalue weighted by Gasteiger charge is 2.16. The summed E-state index contributed by atoms with van der Waals surface area (Å²) in [4.78, 5) is 24.3. The summed E-state index contributed by atoms with van der Waals surface area (Å²) in [5.41, 5.74) is 1.89. The quantitative estimate of drug-likeness (QED) is 0.656. The van der Waals surface area contributed by atoms with Crippen LogP contribution >= 0.6 is 0 Å². The fourth-order valence-electron chi connectivity index (χ4n) is 2.70. The molecule has 3 rings (SSSR count). The molecule has 1 amide bonds. The summed E-state index contributed by atoms with van der Waals surface area (Å²) < 4.78 is 5.13. The van der Waals surface area contributed by atoms with Gasteiger partial charge >= 0.3 is 0 Å². The molecule has 0 radical (unpaired) electrons. The highest BCUT2D eigenvalue weighted by molar-refractivity contribution is 5.77. The molecule has 0 aliphatic rings. The lowest BCUT2D eigenvalue weighted by molar-refractivity contribution is -0.122. The summed E-state index contributed by atoms with van der Waals surface area (Å²) in [7, 11) is 0. The SMILES string of the molecule is CCc1noc(CCCC(=O)N[C@H](CC)c2nc3ccccc3[nH]2)n1. The number of hydrogen-bond acceptors (Lipinski definition) is 5. The molecule has 0 aliphatic carbocycles. The summed E-state index contributed by atoms with van der Waals surface area (Å²) in [6.45, 7) is 4.01. The van der Waals surface area contributed by atoms with Gasteiger partial charge in [0.15, 0.2) is 5.82 Å². The zero-order valence-electron chi connectivity index (χ0n) is 14.6. The largest absolute Gasteiger partial charge is 0.346 e. The van der Waals surface area contributed by atoms with Crippen molar-refractivity contribution in [3.8, 4) is 0 Å². The van der Waals surface area contributed by atoms with Gasteiger partial charge in [0.2, 0.25) is 11.8 Å². The number of carbonyl (C=O) groups is 1. The molecule has 0 spiro atoms. The van der Waals surface area contributed by atoms with Crippen LogP contribution in [0, 0.1) is 0 Å². The van der Waals surface area contributed by atoms with E-state index >= 15 is 0 Å². The third-order valence-electron chi connectivity index (χ3n) is 4.10. The molecule has 25 heavy (non-hydrogen) atoms. The molecule has 0 unspecified atom stereocenters. The van der Waals surface area contributed by atoms with Gasteiger partial charge in [-0.05, 0) is 25.0 Å². The Morgan fingerprint density at radius 3 is 2.84 bits per heavy atom. The Bertz CT molecular complexity index is 806. The summed E-state index contributed by atoms with van der Waals surface area (Å²) in [6.07, 6.45) is 3.23. The van der Waals surface area contributed by atoms with Crippen LogP contribution in [0.15, 0.2) is 28.8 Å². The van der Waals surface area contributed by atoms with Gasteiger partial charge in [-0.2, -0.15) is 4.98 Å². The first-order chi connectivity index (χ1) is 12.2. The summed E-state index contributed by atoms with van der Waals surface area (Å²) in [6, 6.07) is 7.74. The third-order valence-corrected chi connectivity index (χ3v) is 4.10. The van der Waals surface area contributed by atoms with E-state index < -0.39 is 0 Å². The third kappa shape index (κ3) is 4.23. The lowest BCUT2D eigenvalue weighted by Crippen LogP contribution is -2.28. The zero-order chi connectivity index (χ0) is 17.6. The average molecular weight is 341 g/mol. The minimum absolute atomic E-state index is 0.00235. The first kappa shape index (κ1) is 17.1. The Morgan fingerprint density at radius 1 is 1.28 bits per heavy atom. The van der Waals surface area contributed by atoms with Crippen molar-refractivity contribution in [2.45, 2.75) is 52.0 Å². The van der Waals surface area contributed by atoms with Crippen LogP contribution in [0.4, 0.5) is 0 Å². The number of H-pyrrole nitrogens is 1. The second-order valence-corrected chi connectivity index (χ2v) is 5.98. The topological polar surface area (TPSA) is 96.7 Å². The van der Waals surface area contributed by atoms with E-state index in [0.717, 1.165) is 29.7 Å². The number of imidazole rings is 1. The number of carbonyl (C=O) groups excluding carboxylic acids is 1. The first-order valence-electron chi connectivity index (χ1n) is 8.75. The van der Waals surface area contributed by atoms with Gasteiger partial charge in [-0.3, -0.25) is 4.79 Å². The molecule has 0 bridgehead atoms. The number of benzene rings is 1. The Morgan fingerprint density at radius 2 is 2.12 bits per heavy atom. The molecule has 0 saturated heterocycles. The maximum Gasteiger partial charge on any atom is 0.226 e. The average Bonchev–Trinajstić information content (AvgIpc) is 3.26. The molecule has 132 valence electrons. The van der Waals surface area contributed by atoms with E-state index in [4.69, 9.17) is 4.52 Å². The molecule has 7 heteroatoms. The number of fused-ring (bicyclic) bond motifs is 1. The maximum absolute atomic E-state index is 12.2. The van der Waals surface area contributed by atoms with E-state index in [-0.39, 0.29) is 11.9 Å². The lowest BCUT2D eigenvalue weighted by atomic mass is 10.2. The van der Waals surface area contributed by atoms with Crippen molar-refractivity contribution in [1.82, 2.24) is 25.4 Å². The van der Waals surface area contributed by atoms with Crippen LogP contribution in [0.3, 0.4) is 0 Å². The van der Waals surface area contributed by atoms with Crippen LogP contribution < -0.4 is 5.32 Å². The predicted octanol–water partition coefficient (Wildman–Crippen LogP) is 3.10. The van der Waals surface area contributed by atoms with E-state index in [1.807, 2.05) is 38.1 Å². The minimum atomic E-state index is -0.116. The van der Waals surface area contributed by atoms with Crippen LogP contribution in [0.25, 0.3) is 11.0 Å². The summed E-state index contributed by atoms with van der Waals surface area (Å²) >= 11 is 0. The van der Waals surface area contributed by atoms with Crippen molar-refractivity contribution < 1.29 is 9.32 Å². The van der Waals surface area contributed by atoms with Gasteiger partial charge in [0.05, 0.1) is 17.1 Å². The van der Waals surface area contributed by atoms with Gasteiger partial charge in [0, 0.05) is 19.3 Å². The lowest BCUT2D eigenvalue weighted by Gasteiger charge is -2.14. The fraction of sp³-hybridized carbons (Fsp3) is 0.444. The molecule has 0 aliphatic heterocycles. The smallest absolute Gasteiger partial charge is 0.226 e. The molecule has 0 saturated carbocycles. The van der Waals surface area contributed by atoms with Gasteiger partial charge in [-0.15, -0.1) is 0 Å². The highest BCUT2D eigenvalue weighted by atomic mass is 16.5. The van der Waals surface area contributed by atoms with Crippen molar-refractivity contribution in [3.05, 3.63) is 41.8 Å². The molecule has 1 aromatic carbocycles. The van der Waals surface area contributed by atoms with Crippen molar-refractivity contribution in [2.75, 3.05) is 0 Å². The van der Waals surface area contributed by atoms with E-state index in [2.05, 4.69) is 25.4 Å². The molecular weight excluding hydrogens is 318 g/mol. The number of rotatable bonds is 8. The number of aromatic amines is 1. The molecule has 3 aromatic rings. The Hall–Kier alpha value is -2.70. The van der Waals surface area contributed by atoms with Crippen molar-refractivity contribution >= 4 is 16.9 Å². The van der Waals surface area contributed by atoms with Crippen LogP contribution in [0.1, 0.15) is 56.7 Å². The van der Waals surface area contributed by atoms with Crippen molar-refractivity contribution in [2.24, 2.45) is 0 Å². The van der Waals surface area contributed by atoms with Crippen LogP contribution in [-0.2, 0) is 17.6 Å². The summed E-state index contributed by atoms with van der Waals surface area (Å²) in [5, 5.41) is 6.90. The zero-order valence-corrected chi connectivity index (χ0v) is 14.6. The molecule has 2 heterocycles. The van der Waals surface area contributed by atoms with Gasteiger partial charge in [-0.25, -0.2) is 4.98 Å². The predicted molar refractivity (Wildman–Crippen MR) is 93.9 cm³/mol. The number of nitrogens with one attached hydrogen (secondary N) is 2. The van der Waals surface area contributed by atoms with Crippen molar-refractivity contribution in [3.63, 3.8) is 0 Å². The van der Waals surface area contributed by atoms with Crippen molar-refractivity contribution in [1.29, 1.82) is 0 Å². The van der Waals surface area contributed by atoms with Gasteiger partial charge < -0.3 is 14.8 Å². The number of hydrogen-bond donors (Lipinski definition) is 2. The van der Waals surface area contributed by atoms with Gasteiger partial charge in [0.25, 0.3) is 0 Å². The number of para-hydroxylation sites is 2. The number of amides is 1. The van der Waals surface area contributed by atoms with Crippen LogP contribution in [0.2, 0.25) is 0 Å². The first-order valence-corrected chi connectivity index (χ1v) is 8.75.